The quantitative estimate of drug-likeness (QED) is 0.388. The van der Waals surface area contributed by atoms with Crippen LogP contribution in [0.3, 0.4) is 0 Å². The lowest BCUT2D eigenvalue weighted by Gasteiger charge is -2.17. The highest BCUT2D eigenvalue weighted by molar-refractivity contribution is 7.80. The van der Waals surface area contributed by atoms with Crippen molar-refractivity contribution in [3.8, 4) is 11.5 Å². The Kier molecular flexibility index (Phi) is 5.48. The molecule has 1 aliphatic heterocycles. The Morgan fingerprint density at radius 2 is 1.92 bits per heavy atom. The van der Waals surface area contributed by atoms with Crippen LogP contribution in [-0.2, 0) is 14.4 Å². The fraction of sp³-hybridized carbons (Fsp3) is 0.200. The van der Waals surface area contributed by atoms with Gasteiger partial charge < -0.3 is 14.6 Å². The predicted molar refractivity (Wildman–Crippen MR) is 87.6 cm³/mol. The van der Waals surface area contributed by atoms with Gasteiger partial charge in [-0.15, -0.1) is 0 Å². The minimum atomic E-state index is -1.17. The summed E-state index contributed by atoms with van der Waals surface area (Å²) in [6.07, 6.45) is 1.28. The van der Waals surface area contributed by atoms with Crippen molar-refractivity contribution in [2.24, 2.45) is 0 Å². The van der Waals surface area contributed by atoms with E-state index in [9.17, 15) is 14.4 Å². The molecule has 2 rings (SSSR count). The van der Waals surface area contributed by atoms with Gasteiger partial charge in [0.1, 0.15) is 5.57 Å². The third kappa shape index (κ3) is 4.07. The Labute approximate surface area is 142 Å². The molecule has 9 heteroatoms. The van der Waals surface area contributed by atoms with Crippen molar-refractivity contribution in [2.75, 3.05) is 13.2 Å². The second-order valence-electron chi connectivity index (χ2n) is 4.59. The van der Waals surface area contributed by atoms with Gasteiger partial charge >= 0.3 is 5.97 Å². The summed E-state index contributed by atoms with van der Waals surface area (Å²) in [5, 5.41) is 13.4. The third-order valence-corrected chi connectivity index (χ3v) is 3.10. The molecule has 1 saturated heterocycles. The van der Waals surface area contributed by atoms with Crippen molar-refractivity contribution in [3.05, 3.63) is 29.3 Å². The number of carboxylic acid groups (broad SMARTS) is 1. The second kappa shape index (κ2) is 7.55. The number of benzene rings is 1. The topological polar surface area (TPSA) is 114 Å². The number of thiocarbonyl (C=S) groups is 1. The first kappa shape index (κ1) is 17.4. The third-order valence-electron chi connectivity index (χ3n) is 2.89. The molecule has 126 valence electrons. The summed E-state index contributed by atoms with van der Waals surface area (Å²) < 4.78 is 10.7. The van der Waals surface area contributed by atoms with E-state index in [0.29, 0.717) is 17.9 Å². The van der Waals surface area contributed by atoms with Crippen molar-refractivity contribution in [1.82, 2.24) is 10.6 Å². The average Bonchev–Trinajstić information content (AvgIpc) is 2.50. The first-order chi connectivity index (χ1) is 11.4. The van der Waals surface area contributed by atoms with Crippen LogP contribution in [0, 0.1) is 0 Å². The van der Waals surface area contributed by atoms with E-state index < -0.39 is 24.4 Å². The number of rotatable bonds is 6. The van der Waals surface area contributed by atoms with E-state index in [1.54, 1.807) is 25.1 Å². The van der Waals surface area contributed by atoms with Gasteiger partial charge in [-0.25, -0.2) is 4.79 Å². The molecule has 0 spiro atoms. The molecule has 0 atom stereocenters. The van der Waals surface area contributed by atoms with Gasteiger partial charge in [-0.3, -0.25) is 20.2 Å². The van der Waals surface area contributed by atoms with E-state index in [1.807, 2.05) is 0 Å². The minimum Gasteiger partial charge on any atom is -0.490 e. The molecule has 0 bridgehead atoms. The molecule has 1 aromatic carbocycles. The van der Waals surface area contributed by atoms with Gasteiger partial charge in [0.05, 0.1) is 6.61 Å². The highest BCUT2D eigenvalue weighted by atomic mass is 32.1. The van der Waals surface area contributed by atoms with Crippen molar-refractivity contribution < 1.29 is 29.0 Å². The van der Waals surface area contributed by atoms with Crippen LogP contribution in [0.15, 0.2) is 23.8 Å². The van der Waals surface area contributed by atoms with Gasteiger partial charge in [0.25, 0.3) is 11.8 Å². The van der Waals surface area contributed by atoms with Crippen molar-refractivity contribution in [2.45, 2.75) is 6.92 Å². The molecule has 1 fully saturated rings. The average molecular weight is 350 g/mol. The largest absolute Gasteiger partial charge is 0.490 e. The molecular weight excluding hydrogens is 336 g/mol. The van der Waals surface area contributed by atoms with E-state index in [2.05, 4.69) is 10.6 Å². The molecule has 24 heavy (non-hydrogen) atoms. The number of ether oxygens (including phenoxy) is 2. The van der Waals surface area contributed by atoms with Crippen LogP contribution in [0.25, 0.3) is 6.08 Å². The molecule has 0 aromatic heterocycles. The van der Waals surface area contributed by atoms with E-state index in [4.69, 9.17) is 26.8 Å². The van der Waals surface area contributed by atoms with Crippen LogP contribution in [-0.4, -0.2) is 41.2 Å². The molecule has 3 N–H and O–H groups in total. The zero-order valence-electron chi connectivity index (χ0n) is 12.6. The number of amides is 2. The predicted octanol–water partition coefficient (Wildman–Crippen LogP) is 0.463. The summed E-state index contributed by atoms with van der Waals surface area (Å²) >= 11 is 4.73. The molecule has 0 saturated carbocycles. The summed E-state index contributed by atoms with van der Waals surface area (Å²) in [6, 6.07) is 4.80. The fourth-order valence-electron chi connectivity index (χ4n) is 1.97. The maximum absolute atomic E-state index is 11.9. The Hall–Kier alpha value is -2.94. The summed E-state index contributed by atoms with van der Waals surface area (Å²) in [7, 11) is 0. The van der Waals surface area contributed by atoms with Gasteiger partial charge in [-0.2, -0.15) is 0 Å². The first-order valence-electron chi connectivity index (χ1n) is 6.91. The summed E-state index contributed by atoms with van der Waals surface area (Å²) in [5.74, 6) is -2.05. The molecule has 0 unspecified atom stereocenters. The van der Waals surface area contributed by atoms with Gasteiger partial charge in [-0.1, -0.05) is 12.1 Å². The van der Waals surface area contributed by atoms with E-state index in [-0.39, 0.29) is 16.4 Å². The molecule has 8 nitrogen and oxygen atoms in total. The number of hydrogen-bond acceptors (Lipinski definition) is 6. The zero-order valence-corrected chi connectivity index (χ0v) is 13.4. The van der Waals surface area contributed by atoms with E-state index in [1.165, 1.54) is 6.08 Å². The van der Waals surface area contributed by atoms with Gasteiger partial charge in [-0.05, 0) is 31.3 Å². The van der Waals surface area contributed by atoms with Crippen molar-refractivity contribution >= 4 is 41.2 Å². The van der Waals surface area contributed by atoms with Crippen LogP contribution in [0.1, 0.15) is 12.5 Å². The van der Waals surface area contributed by atoms with Gasteiger partial charge in [0, 0.05) is 5.56 Å². The maximum atomic E-state index is 11.9. The lowest BCUT2D eigenvalue weighted by molar-refractivity contribution is -0.139. The number of carbonyl (C=O) groups excluding carboxylic acids is 2. The smallest absolute Gasteiger partial charge is 0.341 e. The van der Waals surface area contributed by atoms with Gasteiger partial charge in [0.15, 0.2) is 23.2 Å². The molecular formula is C15H14N2O6S. The normalized spacial score (nSPS) is 13.9. The SMILES string of the molecule is CCOc1cccc(C=C2C(=O)NC(=S)NC2=O)c1OCC(=O)O. The molecule has 1 aliphatic rings. The van der Waals surface area contributed by atoms with Crippen LogP contribution in [0.4, 0.5) is 0 Å². The lowest BCUT2D eigenvalue weighted by Crippen LogP contribution is -2.51. The highest BCUT2D eigenvalue weighted by Gasteiger charge is 2.26. The molecule has 1 heterocycles. The fourth-order valence-corrected chi connectivity index (χ4v) is 2.15. The molecule has 1 aromatic rings. The standard InChI is InChI=1S/C15H14N2O6S/c1-2-22-10-5-3-4-8(12(10)23-7-11(18)19)6-9-13(20)16-15(24)17-14(9)21/h3-6H,2,7H2,1H3,(H,18,19)(H2,16,17,20,21,24). The van der Waals surface area contributed by atoms with Gasteiger partial charge in [0.2, 0.25) is 0 Å². The molecule has 0 aliphatic carbocycles. The second-order valence-corrected chi connectivity index (χ2v) is 4.99. The maximum Gasteiger partial charge on any atom is 0.341 e. The first-order valence-corrected chi connectivity index (χ1v) is 7.32. The Balaban J connectivity index is 2.44. The summed E-state index contributed by atoms with van der Waals surface area (Å²) in [6.45, 7) is 1.50. The van der Waals surface area contributed by atoms with E-state index in [0.717, 1.165) is 0 Å². The summed E-state index contributed by atoms with van der Waals surface area (Å²) in [4.78, 5) is 34.6. The Bertz CT molecular complexity index is 721. The number of hydrogen-bond donors (Lipinski definition) is 3. The zero-order chi connectivity index (χ0) is 17.7. The van der Waals surface area contributed by atoms with Crippen LogP contribution in [0.5, 0.6) is 11.5 Å². The number of aliphatic carboxylic acids is 1. The van der Waals surface area contributed by atoms with Crippen molar-refractivity contribution in [1.29, 1.82) is 0 Å². The Morgan fingerprint density at radius 1 is 1.25 bits per heavy atom. The summed E-state index contributed by atoms with van der Waals surface area (Å²) in [5.41, 5.74) is 0.146. The number of carbonyl (C=O) groups is 3. The van der Waals surface area contributed by atoms with E-state index >= 15 is 0 Å². The van der Waals surface area contributed by atoms with Crippen LogP contribution < -0.4 is 20.1 Å². The van der Waals surface area contributed by atoms with Crippen LogP contribution >= 0.6 is 12.2 Å². The minimum absolute atomic E-state index is 0.0763. The number of para-hydroxylation sites is 1. The lowest BCUT2D eigenvalue weighted by atomic mass is 10.1. The van der Waals surface area contributed by atoms with Crippen LogP contribution in [0.2, 0.25) is 0 Å². The van der Waals surface area contributed by atoms with Crippen molar-refractivity contribution in [3.63, 3.8) is 0 Å². The molecule has 0 radical (unpaired) electrons. The number of nitrogens with one attached hydrogen (secondary N) is 2. The molecule has 2 amide bonds. The number of carboxylic acids is 1. The monoisotopic (exact) mass is 350 g/mol. The highest BCUT2D eigenvalue weighted by Crippen LogP contribution is 2.33. The Morgan fingerprint density at radius 3 is 2.50 bits per heavy atom.